The molecule has 8 nitrogen and oxygen atoms in total. The fourth-order valence-corrected chi connectivity index (χ4v) is 3.92. The fraction of sp³-hybridized carbons (Fsp3) is 0.375. The largest absolute Gasteiger partial charge is 0.479 e. The molecule has 3 N–H and O–H groups in total. The zero-order valence-corrected chi connectivity index (χ0v) is 19.2. The van der Waals surface area contributed by atoms with E-state index in [1.807, 2.05) is 48.5 Å². The first kappa shape index (κ1) is 26.0. The van der Waals surface area contributed by atoms with Crippen LogP contribution >= 0.6 is 0 Å². The van der Waals surface area contributed by atoms with Crippen LogP contribution in [0.5, 0.6) is 0 Å². The molecule has 0 radical (unpaired) electrons. The van der Waals surface area contributed by atoms with Gasteiger partial charge >= 0.3 is 18.2 Å². The second kappa shape index (κ2) is 9.57. The van der Waals surface area contributed by atoms with Crippen molar-refractivity contribution in [3.8, 4) is 11.1 Å². The number of carbonyl (C=O) groups excluding carboxylic acids is 2. The lowest BCUT2D eigenvalue weighted by molar-refractivity contribution is -0.207. The van der Waals surface area contributed by atoms with Crippen LogP contribution < -0.4 is 10.6 Å². The summed E-state index contributed by atoms with van der Waals surface area (Å²) in [6, 6.07) is 15.2. The Bertz CT molecular complexity index is 1090. The molecule has 2 atom stereocenters. The number of fused-ring (bicyclic) bond motifs is 3. The number of aliphatic carboxylic acids is 1. The van der Waals surface area contributed by atoms with Gasteiger partial charge in [-0.15, -0.1) is 0 Å². The number of alkyl halides is 3. The topological polar surface area (TPSA) is 114 Å². The van der Waals surface area contributed by atoms with E-state index in [4.69, 9.17) is 14.6 Å². The Morgan fingerprint density at radius 1 is 0.943 bits per heavy atom. The van der Waals surface area contributed by atoms with Gasteiger partial charge in [-0.2, -0.15) is 13.2 Å². The van der Waals surface area contributed by atoms with Crippen LogP contribution in [0.4, 0.5) is 18.0 Å². The van der Waals surface area contributed by atoms with Crippen molar-refractivity contribution in [2.75, 3.05) is 20.3 Å². The van der Waals surface area contributed by atoms with Crippen LogP contribution in [0.15, 0.2) is 48.5 Å². The molecule has 1 aliphatic carbocycles. The van der Waals surface area contributed by atoms with Crippen LogP contribution in [0.25, 0.3) is 11.1 Å². The molecule has 0 saturated heterocycles. The van der Waals surface area contributed by atoms with E-state index in [0.717, 1.165) is 29.2 Å². The molecule has 35 heavy (non-hydrogen) atoms. The van der Waals surface area contributed by atoms with Gasteiger partial charge in [-0.3, -0.25) is 4.79 Å². The molecule has 0 fully saturated rings. The third-order valence-corrected chi connectivity index (χ3v) is 6.01. The monoisotopic (exact) mass is 494 g/mol. The summed E-state index contributed by atoms with van der Waals surface area (Å²) in [7, 11) is 1.17. The van der Waals surface area contributed by atoms with Crippen molar-refractivity contribution < 1.29 is 42.1 Å². The number of halogens is 3. The van der Waals surface area contributed by atoms with E-state index in [1.54, 1.807) is 0 Å². The molecule has 3 rings (SSSR count). The Kier molecular flexibility index (Phi) is 7.11. The fourth-order valence-electron chi connectivity index (χ4n) is 3.92. The van der Waals surface area contributed by atoms with Gasteiger partial charge in [0.15, 0.2) is 0 Å². The highest BCUT2D eigenvalue weighted by Gasteiger charge is 2.59. The Morgan fingerprint density at radius 3 is 1.91 bits per heavy atom. The lowest BCUT2D eigenvalue weighted by Crippen LogP contribution is -2.69. The summed E-state index contributed by atoms with van der Waals surface area (Å²) in [6.07, 6.45) is -6.38. The summed E-state index contributed by atoms with van der Waals surface area (Å²) < 4.78 is 50.3. The van der Waals surface area contributed by atoms with Gasteiger partial charge < -0.3 is 25.2 Å². The summed E-state index contributed by atoms with van der Waals surface area (Å²) in [5, 5.41) is 12.8. The zero-order valence-electron chi connectivity index (χ0n) is 19.2. The molecule has 2 aromatic rings. The van der Waals surface area contributed by atoms with Gasteiger partial charge in [0.05, 0.1) is 6.61 Å². The van der Waals surface area contributed by atoms with Crippen molar-refractivity contribution in [2.24, 2.45) is 0 Å². The molecule has 0 aromatic heterocycles. The molecule has 0 spiro atoms. The maximum absolute atomic E-state index is 13.3. The van der Waals surface area contributed by atoms with E-state index in [0.29, 0.717) is 6.92 Å². The third kappa shape index (κ3) is 4.95. The predicted molar refractivity (Wildman–Crippen MR) is 119 cm³/mol. The first-order valence-corrected chi connectivity index (χ1v) is 10.6. The summed E-state index contributed by atoms with van der Waals surface area (Å²) >= 11 is 0. The average Bonchev–Trinajstić information content (AvgIpc) is 3.10. The van der Waals surface area contributed by atoms with E-state index in [-0.39, 0.29) is 12.5 Å². The van der Waals surface area contributed by atoms with E-state index in [1.165, 1.54) is 12.4 Å². The first-order valence-electron chi connectivity index (χ1n) is 10.6. The number of hydrogen-bond donors (Lipinski definition) is 3. The normalized spacial score (nSPS) is 16.3. The highest BCUT2D eigenvalue weighted by atomic mass is 19.4. The van der Waals surface area contributed by atoms with Crippen LogP contribution in [0.1, 0.15) is 30.9 Å². The Hall–Kier alpha value is -3.60. The Labute approximate surface area is 199 Å². The number of nitrogens with one attached hydrogen (secondary N) is 2. The zero-order chi connectivity index (χ0) is 26.0. The number of methoxy groups -OCH3 is 1. The van der Waals surface area contributed by atoms with Crippen LogP contribution in [-0.2, 0) is 19.1 Å². The molecular weight excluding hydrogens is 469 g/mol. The predicted octanol–water partition coefficient (Wildman–Crippen LogP) is 3.45. The second-order valence-corrected chi connectivity index (χ2v) is 8.60. The standard InChI is InChI=1S/C24H25F3N2O6/c1-22(13-34-3,19(30)28-23(2,20(31)32)24(25,26)27)29-21(33)35-12-18-16-10-6-4-8-14(16)15-9-5-7-11-17(15)18/h4-11,18H,12-13H2,1-3H3,(H,28,30)(H,29,33)(H,31,32). The number of carboxylic acids is 1. The number of amides is 2. The van der Waals surface area contributed by atoms with E-state index >= 15 is 0 Å². The maximum Gasteiger partial charge on any atom is 0.422 e. The van der Waals surface area contributed by atoms with E-state index in [9.17, 15) is 27.6 Å². The van der Waals surface area contributed by atoms with Crippen LogP contribution in [0.3, 0.4) is 0 Å². The average molecular weight is 494 g/mol. The lowest BCUT2D eigenvalue weighted by atomic mass is 9.96. The molecule has 0 saturated carbocycles. The smallest absolute Gasteiger partial charge is 0.422 e. The second-order valence-electron chi connectivity index (χ2n) is 8.60. The minimum Gasteiger partial charge on any atom is -0.479 e. The van der Waals surface area contributed by atoms with Gasteiger partial charge in [0.2, 0.25) is 11.4 Å². The van der Waals surface area contributed by atoms with Crippen molar-refractivity contribution in [3.05, 3.63) is 59.7 Å². The van der Waals surface area contributed by atoms with Crippen molar-refractivity contribution >= 4 is 18.0 Å². The van der Waals surface area contributed by atoms with Gasteiger partial charge in [-0.1, -0.05) is 48.5 Å². The number of hydrogen-bond acceptors (Lipinski definition) is 5. The minimum absolute atomic E-state index is 0.0973. The van der Waals surface area contributed by atoms with Crippen LogP contribution in [-0.4, -0.2) is 60.7 Å². The van der Waals surface area contributed by atoms with Gasteiger partial charge in [0.25, 0.3) is 0 Å². The van der Waals surface area contributed by atoms with Gasteiger partial charge in [0.1, 0.15) is 12.1 Å². The molecule has 0 heterocycles. The number of carboxylic acid groups (broad SMARTS) is 1. The van der Waals surface area contributed by atoms with Crippen molar-refractivity contribution in [1.82, 2.24) is 10.6 Å². The van der Waals surface area contributed by atoms with E-state index < -0.39 is 41.8 Å². The van der Waals surface area contributed by atoms with Crippen molar-refractivity contribution in [1.29, 1.82) is 0 Å². The molecule has 1 aliphatic rings. The number of carbonyl (C=O) groups is 3. The SMILES string of the molecule is COCC(C)(NC(=O)OCC1c2ccccc2-c2ccccc21)C(=O)NC(C)(C(=O)O)C(F)(F)F. The third-order valence-electron chi connectivity index (χ3n) is 6.01. The molecule has 0 bridgehead atoms. The summed E-state index contributed by atoms with van der Waals surface area (Å²) in [5.74, 6) is -3.99. The molecule has 11 heteroatoms. The highest BCUT2D eigenvalue weighted by molar-refractivity contribution is 5.94. The summed E-state index contributed by atoms with van der Waals surface area (Å²) in [6.45, 7) is 0.774. The van der Waals surface area contributed by atoms with Crippen molar-refractivity contribution in [2.45, 2.75) is 37.0 Å². The van der Waals surface area contributed by atoms with Crippen molar-refractivity contribution in [3.63, 3.8) is 0 Å². The first-order chi connectivity index (χ1) is 16.3. The summed E-state index contributed by atoms with van der Waals surface area (Å²) in [5.41, 5.74) is -1.74. The number of rotatable bonds is 8. The Morgan fingerprint density at radius 2 is 1.46 bits per heavy atom. The molecular formula is C24H25F3N2O6. The number of ether oxygens (including phenoxy) is 2. The highest BCUT2D eigenvalue weighted by Crippen LogP contribution is 2.44. The molecule has 2 aromatic carbocycles. The summed E-state index contributed by atoms with van der Waals surface area (Å²) in [4.78, 5) is 36.6. The van der Waals surface area contributed by atoms with Gasteiger partial charge in [0, 0.05) is 13.0 Å². The van der Waals surface area contributed by atoms with Gasteiger partial charge in [-0.05, 0) is 36.1 Å². The van der Waals surface area contributed by atoms with Crippen LogP contribution in [0, 0.1) is 0 Å². The molecule has 0 aliphatic heterocycles. The van der Waals surface area contributed by atoms with E-state index in [2.05, 4.69) is 5.32 Å². The molecule has 2 unspecified atom stereocenters. The minimum atomic E-state index is -5.30. The Balaban J connectivity index is 1.75. The molecule has 2 amide bonds. The maximum atomic E-state index is 13.3. The lowest BCUT2D eigenvalue weighted by Gasteiger charge is -2.34. The van der Waals surface area contributed by atoms with Gasteiger partial charge in [-0.25, -0.2) is 9.59 Å². The number of alkyl carbamates (subject to hydrolysis) is 1. The quantitative estimate of drug-likeness (QED) is 0.518. The van der Waals surface area contributed by atoms with Crippen LogP contribution in [0.2, 0.25) is 0 Å². The molecule has 188 valence electrons. The number of benzene rings is 2.